The van der Waals surface area contributed by atoms with Gasteiger partial charge in [-0.3, -0.25) is 4.79 Å². The highest BCUT2D eigenvalue weighted by atomic mass is 32.1. The van der Waals surface area contributed by atoms with Gasteiger partial charge >= 0.3 is 0 Å². The standard InChI is InChI=1S/C21H23N3O3S/c1-12-7-5-6-8-15(12)19-18(13(2)22-21(28)24-19)20(25)23-16-10-9-14(26-3)11-17(16)27-4/h5-11,19H,1-4H3,(H,23,25)(H2,22,24,28). The van der Waals surface area contributed by atoms with Gasteiger partial charge in [-0.05, 0) is 49.3 Å². The number of rotatable bonds is 5. The van der Waals surface area contributed by atoms with Crippen LogP contribution < -0.4 is 25.4 Å². The Bertz CT molecular complexity index is 956. The van der Waals surface area contributed by atoms with Gasteiger partial charge in [0.2, 0.25) is 0 Å². The average molecular weight is 398 g/mol. The van der Waals surface area contributed by atoms with Crippen molar-refractivity contribution in [2.24, 2.45) is 0 Å². The fourth-order valence-electron chi connectivity index (χ4n) is 3.23. The van der Waals surface area contributed by atoms with Crippen molar-refractivity contribution >= 4 is 28.9 Å². The molecule has 3 rings (SSSR count). The summed E-state index contributed by atoms with van der Waals surface area (Å²) in [5.74, 6) is 0.928. The molecule has 28 heavy (non-hydrogen) atoms. The monoisotopic (exact) mass is 397 g/mol. The van der Waals surface area contributed by atoms with Crippen molar-refractivity contribution in [1.82, 2.24) is 10.6 Å². The molecule has 6 nitrogen and oxygen atoms in total. The lowest BCUT2D eigenvalue weighted by molar-refractivity contribution is -0.113. The molecule has 0 spiro atoms. The maximum atomic E-state index is 13.2. The van der Waals surface area contributed by atoms with Crippen molar-refractivity contribution in [3.63, 3.8) is 0 Å². The third-order valence-corrected chi connectivity index (χ3v) is 4.89. The highest BCUT2D eigenvalue weighted by Crippen LogP contribution is 2.33. The Hall–Kier alpha value is -3.06. The Morgan fingerprint density at radius 2 is 1.86 bits per heavy atom. The Morgan fingerprint density at radius 3 is 2.54 bits per heavy atom. The number of nitrogens with one attached hydrogen (secondary N) is 3. The molecule has 0 aliphatic carbocycles. The SMILES string of the molecule is COc1ccc(NC(=O)C2=C(C)NC(=S)NC2c2ccccc2C)c(OC)c1. The summed E-state index contributed by atoms with van der Waals surface area (Å²) in [5, 5.41) is 9.70. The summed E-state index contributed by atoms with van der Waals surface area (Å²) in [5.41, 5.74) is 3.91. The number of carbonyl (C=O) groups is 1. The molecule has 2 aromatic rings. The fraction of sp³-hybridized carbons (Fsp3) is 0.238. The molecule has 1 heterocycles. The molecule has 1 aliphatic heterocycles. The molecular formula is C21H23N3O3S. The molecule has 3 N–H and O–H groups in total. The second-order valence-electron chi connectivity index (χ2n) is 6.45. The summed E-state index contributed by atoms with van der Waals surface area (Å²) in [6.07, 6.45) is 0. The summed E-state index contributed by atoms with van der Waals surface area (Å²) in [6.45, 7) is 3.86. The number of ether oxygens (including phenoxy) is 2. The van der Waals surface area contributed by atoms with Gasteiger partial charge in [0.25, 0.3) is 5.91 Å². The molecule has 0 radical (unpaired) electrons. The van der Waals surface area contributed by atoms with E-state index in [0.717, 1.165) is 11.1 Å². The van der Waals surface area contributed by atoms with Crippen LogP contribution in [0.1, 0.15) is 24.1 Å². The predicted molar refractivity (Wildman–Crippen MR) is 114 cm³/mol. The van der Waals surface area contributed by atoms with Crippen LogP contribution in [0.5, 0.6) is 11.5 Å². The Balaban J connectivity index is 1.97. The van der Waals surface area contributed by atoms with Gasteiger partial charge in [-0.1, -0.05) is 24.3 Å². The zero-order chi connectivity index (χ0) is 20.3. The van der Waals surface area contributed by atoms with E-state index in [2.05, 4.69) is 16.0 Å². The Labute approximate surface area is 169 Å². The van der Waals surface area contributed by atoms with E-state index in [1.54, 1.807) is 32.4 Å². The number of hydrogen-bond acceptors (Lipinski definition) is 4. The van der Waals surface area contributed by atoms with Gasteiger partial charge in [0.1, 0.15) is 11.5 Å². The molecule has 7 heteroatoms. The summed E-state index contributed by atoms with van der Waals surface area (Å²) in [7, 11) is 3.13. The van der Waals surface area contributed by atoms with Gasteiger partial charge in [-0.15, -0.1) is 0 Å². The quantitative estimate of drug-likeness (QED) is 0.672. The van der Waals surface area contributed by atoms with Crippen LogP contribution in [0.25, 0.3) is 0 Å². The molecular weight excluding hydrogens is 374 g/mol. The zero-order valence-electron chi connectivity index (χ0n) is 16.3. The highest BCUT2D eigenvalue weighted by Gasteiger charge is 2.31. The van der Waals surface area contributed by atoms with E-state index >= 15 is 0 Å². The van der Waals surface area contributed by atoms with Crippen LogP contribution >= 0.6 is 12.2 Å². The molecule has 0 bridgehead atoms. The van der Waals surface area contributed by atoms with Crippen molar-refractivity contribution in [1.29, 1.82) is 0 Å². The van der Waals surface area contributed by atoms with Crippen LogP contribution in [0.3, 0.4) is 0 Å². The largest absolute Gasteiger partial charge is 0.497 e. The molecule has 1 amide bonds. The number of allylic oxidation sites excluding steroid dienone is 1. The van der Waals surface area contributed by atoms with E-state index in [-0.39, 0.29) is 11.9 Å². The average Bonchev–Trinajstić information content (AvgIpc) is 2.67. The van der Waals surface area contributed by atoms with E-state index in [0.29, 0.717) is 33.6 Å². The first-order valence-electron chi connectivity index (χ1n) is 8.81. The number of thiocarbonyl (C=S) groups is 1. The number of anilines is 1. The minimum atomic E-state index is -0.348. The number of hydrogen-bond donors (Lipinski definition) is 3. The van der Waals surface area contributed by atoms with Crippen molar-refractivity contribution in [2.75, 3.05) is 19.5 Å². The first-order chi connectivity index (χ1) is 13.4. The number of amides is 1. The highest BCUT2D eigenvalue weighted by molar-refractivity contribution is 7.80. The van der Waals surface area contributed by atoms with Crippen molar-refractivity contribution < 1.29 is 14.3 Å². The van der Waals surface area contributed by atoms with Gasteiger partial charge in [-0.2, -0.15) is 0 Å². The third-order valence-electron chi connectivity index (χ3n) is 4.67. The predicted octanol–water partition coefficient (Wildman–Crippen LogP) is 3.44. The Kier molecular flexibility index (Phi) is 5.84. The van der Waals surface area contributed by atoms with Crippen LogP contribution in [-0.4, -0.2) is 25.2 Å². The minimum Gasteiger partial charge on any atom is -0.497 e. The minimum absolute atomic E-state index is 0.239. The molecule has 1 atom stereocenters. The van der Waals surface area contributed by atoms with Gasteiger partial charge in [0.05, 0.1) is 31.5 Å². The zero-order valence-corrected chi connectivity index (χ0v) is 17.1. The fourth-order valence-corrected chi connectivity index (χ4v) is 3.50. The molecule has 1 unspecified atom stereocenters. The van der Waals surface area contributed by atoms with Crippen molar-refractivity contribution in [2.45, 2.75) is 19.9 Å². The second kappa shape index (κ2) is 8.31. The molecule has 2 aromatic carbocycles. The summed E-state index contributed by atoms with van der Waals surface area (Å²) in [4.78, 5) is 13.2. The topological polar surface area (TPSA) is 71.6 Å². The number of carbonyl (C=O) groups excluding carboxylic acids is 1. The Morgan fingerprint density at radius 1 is 1.11 bits per heavy atom. The maximum Gasteiger partial charge on any atom is 0.255 e. The lowest BCUT2D eigenvalue weighted by Crippen LogP contribution is -2.46. The number of benzene rings is 2. The second-order valence-corrected chi connectivity index (χ2v) is 6.86. The first kappa shape index (κ1) is 19.7. The van der Waals surface area contributed by atoms with E-state index < -0.39 is 0 Å². The van der Waals surface area contributed by atoms with Gasteiger partial charge in [0, 0.05) is 11.8 Å². The van der Waals surface area contributed by atoms with Crippen LogP contribution in [-0.2, 0) is 4.79 Å². The number of aryl methyl sites for hydroxylation is 1. The van der Waals surface area contributed by atoms with Gasteiger partial charge in [0.15, 0.2) is 5.11 Å². The van der Waals surface area contributed by atoms with Gasteiger partial charge in [-0.25, -0.2) is 0 Å². The van der Waals surface area contributed by atoms with E-state index in [4.69, 9.17) is 21.7 Å². The van der Waals surface area contributed by atoms with Crippen LogP contribution in [0.2, 0.25) is 0 Å². The van der Waals surface area contributed by atoms with E-state index in [1.807, 2.05) is 38.1 Å². The van der Waals surface area contributed by atoms with Crippen molar-refractivity contribution in [3.05, 3.63) is 64.9 Å². The van der Waals surface area contributed by atoms with Gasteiger partial charge < -0.3 is 25.4 Å². The van der Waals surface area contributed by atoms with E-state index in [1.165, 1.54) is 0 Å². The first-order valence-corrected chi connectivity index (χ1v) is 9.22. The number of methoxy groups -OCH3 is 2. The smallest absolute Gasteiger partial charge is 0.255 e. The molecule has 0 saturated heterocycles. The molecule has 146 valence electrons. The van der Waals surface area contributed by atoms with Crippen molar-refractivity contribution in [3.8, 4) is 11.5 Å². The summed E-state index contributed by atoms with van der Waals surface area (Å²) >= 11 is 5.32. The van der Waals surface area contributed by atoms with Crippen LogP contribution in [0.4, 0.5) is 5.69 Å². The lowest BCUT2D eigenvalue weighted by atomic mass is 9.92. The molecule has 1 aliphatic rings. The summed E-state index contributed by atoms with van der Waals surface area (Å²) < 4.78 is 10.6. The molecule has 0 saturated carbocycles. The van der Waals surface area contributed by atoms with E-state index in [9.17, 15) is 4.79 Å². The normalized spacial score (nSPS) is 16.1. The molecule has 0 aromatic heterocycles. The summed E-state index contributed by atoms with van der Waals surface area (Å²) in [6, 6.07) is 12.8. The lowest BCUT2D eigenvalue weighted by Gasteiger charge is -2.31. The maximum absolute atomic E-state index is 13.2. The van der Waals surface area contributed by atoms with Crippen LogP contribution in [0.15, 0.2) is 53.7 Å². The van der Waals surface area contributed by atoms with Crippen LogP contribution in [0, 0.1) is 6.92 Å². The molecule has 0 fully saturated rings. The third kappa shape index (κ3) is 3.94.